The highest BCUT2D eigenvalue weighted by Gasteiger charge is 2.24. The van der Waals surface area contributed by atoms with Gasteiger partial charge in [0.15, 0.2) is 5.78 Å². The minimum absolute atomic E-state index is 0.0536. The van der Waals surface area contributed by atoms with Crippen LogP contribution in [0.2, 0.25) is 0 Å². The summed E-state index contributed by atoms with van der Waals surface area (Å²) < 4.78 is 14.6. The van der Waals surface area contributed by atoms with Crippen molar-refractivity contribution in [1.29, 1.82) is 5.26 Å². The molecule has 2 aromatic carbocycles. The number of halogens is 2. The second-order valence-electron chi connectivity index (χ2n) is 4.46. The number of nitrogens with zero attached hydrogens (tertiary/aromatic N) is 1. The van der Waals surface area contributed by atoms with E-state index in [0.717, 1.165) is 10.0 Å². The fourth-order valence-electron chi connectivity index (χ4n) is 1.95. The molecule has 0 fully saturated rings. The molecular formula is C16H11BrFNO. The smallest absolute Gasteiger partial charge is 0.187 e. The Morgan fingerprint density at radius 1 is 1.30 bits per heavy atom. The highest BCUT2D eigenvalue weighted by atomic mass is 79.9. The standard InChI is InChI=1S/C16H11BrFNO/c1-10-5-6-13(15(18)7-10)16(20)14(9-19)11-3-2-4-12(17)8-11/h2-8,14H,1H3. The van der Waals surface area contributed by atoms with Crippen molar-refractivity contribution < 1.29 is 9.18 Å². The summed E-state index contributed by atoms with van der Waals surface area (Å²) in [5.74, 6) is -2.13. The largest absolute Gasteiger partial charge is 0.292 e. The number of nitriles is 1. The molecule has 0 aliphatic carbocycles. The van der Waals surface area contributed by atoms with Gasteiger partial charge in [0.05, 0.1) is 11.6 Å². The molecule has 0 spiro atoms. The van der Waals surface area contributed by atoms with Crippen LogP contribution in [0, 0.1) is 24.1 Å². The number of hydrogen-bond donors (Lipinski definition) is 0. The van der Waals surface area contributed by atoms with Crippen molar-refractivity contribution in [3.05, 3.63) is 69.4 Å². The summed E-state index contributed by atoms with van der Waals surface area (Å²) >= 11 is 3.29. The number of hydrogen-bond acceptors (Lipinski definition) is 2. The molecule has 0 N–H and O–H groups in total. The average molecular weight is 332 g/mol. The van der Waals surface area contributed by atoms with E-state index in [4.69, 9.17) is 0 Å². The summed E-state index contributed by atoms with van der Waals surface area (Å²) in [4.78, 5) is 12.3. The lowest BCUT2D eigenvalue weighted by atomic mass is 9.91. The molecule has 1 atom stereocenters. The third-order valence-electron chi connectivity index (χ3n) is 2.96. The number of Topliss-reactive ketones (excluding diaryl/α,β-unsaturated/α-hetero) is 1. The Hall–Kier alpha value is -1.99. The monoisotopic (exact) mass is 331 g/mol. The summed E-state index contributed by atoms with van der Waals surface area (Å²) in [5.41, 5.74) is 1.23. The van der Waals surface area contributed by atoms with Crippen LogP contribution in [-0.4, -0.2) is 5.78 Å². The zero-order valence-electron chi connectivity index (χ0n) is 10.7. The average Bonchev–Trinajstić information content (AvgIpc) is 2.39. The number of carbonyl (C=O) groups is 1. The molecule has 2 aromatic rings. The Kier molecular flexibility index (Phi) is 4.31. The normalized spacial score (nSPS) is 11.7. The molecule has 0 aromatic heterocycles. The molecule has 2 nitrogen and oxygen atoms in total. The van der Waals surface area contributed by atoms with E-state index in [1.165, 1.54) is 12.1 Å². The van der Waals surface area contributed by atoms with Crippen LogP contribution in [0.5, 0.6) is 0 Å². The van der Waals surface area contributed by atoms with Crippen molar-refractivity contribution in [2.24, 2.45) is 0 Å². The predicted octanol–water partition coefficient (Wildman–Crippen LogP) is 4.39. The Morgan fingerprint density at radius 2 is 2.05 bits per heavy atom. The zero-order chi connectivity index (χ0) is 14.7. The Morgan fingerprint density at radius 3 is 2.65 bits per heavy atom. The fraction of sp³-hybridized carbons (Fsp3) is 0.125. The van der Waals surface area contributed by atoms with Crippen LogP contribution in [0.3, 0.4) is 0 Å². The van der Waals surface area contributed by atoms with Gasteiger partial charge in [0.2, 0.25) is 0 Å². The van der Waals surface area contributed by atoms with Gasteiger partial charge in [0, 0.05) is 4.47 Å². The van der Waals surface area contributed by atoms with Gasteiger partial charge in [0.1, 0.15) is 11.7 Å². The quantitative estimate of drug-likeness (QED) is 0.783. The summed E-state index contributed by atoms with van der Waals surface area (Å²) in [6, 6.07) is 13.2. The first-order valence-electron chi connectivity index (χ1n) is 5.98. The second-order valence-corrected chi connectivity index (χ2v) is 5.38. The first-order chi connectivity index (χ1) is 9.52. The van der Waals surface area contributed by atoms with E-state index in [1.807, 2.05) is 6.07 Å². The highest BCUT2D eigenvalue weighted by Crippen LogP contribution is 2.24. The molecule has 2 rings (SSSR count). The van der Waals surface area contributed by atoms with Crippen LogP contribution in [0.1, 0.15) is 27.4 Å². The van der Waals surface area contributed by atoms with Crippen LogP contribution < -0.4 is 0 Å². The van der Waals surface area contributed by atoms with E-state index in [9.17, 15) is 14.4 Å². The molecular weight excluding hydrogens is 321 g/mol. The van der Waals surface area contributed by atoms with Gasteiger partial charge in [-0.3, -0.25) is 4.79 Å². The third-order valence-corrected chi connectivity index (χ3v) is 3.46. The second kappa shape index (κ2) is 5.98. The molecule has 0 heterocycles. The predicted molar refractivity (Wildman–Crippen MR) is 78.0 cm³/mol. The lowest BCUT2D eigenvalue weighted by Crippen LogP contribution is -2.13. The molecule has 4 heteroatoms. The molecule has 0 aliphatic heterocycles. The van der Waals surface area contributed by atoms with E-state index in [2.05, 4.69) is 15.9 Å². The van der Waals surface area contributed by atoms with Gasteiger partial charge in [-0.1, -0.05) is 34.1 Å². The van der Waals surface area contributed by atoms with Crippen molar-refractivity contribution in [3.63, 3.8) is 0 Å². The fourth-order valence-corrected chi connectivity index (χ4v) is 2.36. The number of rotatable bonds is 3. The van der Waals surface area contributed by atoms with Gasteiger partial charge < -0.3 is 0 Å². The van der Waals surface area contributed by atoms with E-state index in [1.54, 1.807) is 37.3 Å². The lowest BCUT2D eigenvalue weighted by Gasteiger charge is -2.10. The molecule has 0 saturated heterocycles. The van der Waals surface area contributed by atoms with E-state index >= 15 is 0 Å². The van der Waals surface area contributed by atoms with E-state index < -0.39 is 17.5 Å². The lowest BCUT2D eigenvalue weighted by molar-refractivity contribution is 0.0975. The first-order valence-corrected chi connectivity index (χ1v) is 6.77. The molecule has 0 amide bonds. The van der Waals surface area contributed by atoms with Gasteiger partial charge in [-0.2, -0.15) is 5.26 Å². The molecule has 0 radical (unpaired) electrons. The first kappa shape index (κ1) is 14.4. The van der Waals surface area contributed by atoms with Crippen LogP contribution >= 0.6 is 15.9 Å². The molecule has 20 heavy (non-hydrogen) atoms. The van der Waals surface area contributed by atoms with Crippen LogP contribution in [0.25, 0.3) is 0 Å². The number of aryl methyl sites for hydroxylation is 1. The summed E-state index contributed by atoms with van der Waals surface area (Å²) in [6.07, 6.45) is 0. The molecule has 0 saturated carbocycles. The van der Waals surface area contributed by atoms with E-state index in [-0.39, 0.29) is 5.56 Å². The highest BCUT2D eigenvalue weighted by molar-refractivity contribution is 9.10. The van der Waals surface area contributed by atoms with Crippen LogP contribution in [0.4, 0.5) is 4.39 Å². The van der Waals surface area contributed by atoms with Gasteiger partial charge >= 0.3 is 0 Å². The van der Waals surface area contributed by atoms with Crippen LogP contribution in [-0.2, 0) is 0 Å². The summed E-state index contributed by atoms with van der Waals surface area (Å²) in [5, 5.41) is 9.24. The number of benzene rings is 2. The van der Waals surface area contributed by atoms with Crippen molar-refractivity contribution >= 4 is 21.7 Å². The third kappa shape index (κ3) is 2.94. The minimum Gasteiger partial charge on any atom is -0.292 e. The summed E-state index contributed by atoms with van der Waals surface area (Å²) in [7, 11) is 0. The SMILES string of the molecule is Cc1ccc(C(=O)C(C#N)c2cccc(Br)c2)c(F)c1. The Balaban J connectivity index is 2.42. The maximum atomic E-state index is 13.9. The van der Waals surface area contributed by atoms with Crippen molar-refractivity contribution in [2.75, 3.05) is 0 Å². The number of carbonyl (C=O) groups excluding carboxylic acids is 1. The molecule has 100 valence electrons. The zero-order valence-corrected chi connectivity index (χ0v) is 12.3. The maximum absolute atomic E-state index is 13.9. The van der Waals surface area contributed by atoms with Gasteiger partial charge in [-0.25, -0.2) is 4.39 Å². The summed E-state index contributed by atoms with van der Waals surface area (Å²) in [6.45, 7) is 1.74. The van der Waals surface area contributed by atoms with Gasteiger partial charge in [-0.05, 0) is 42.3 Å². The molecule has 0 bridgehead atoms. The van der Waals surface area contributed by atoms with Gasteiger partial charge in [0.25, 0.3) is 0 Å². The Bertz CT molecular complexity index is 706. The van der Waals surface area contributed by atoms with Crippen LogP contribution in [0.15, 0.2) is 46.9 Å². The molecule has 0 aliphatic rings. The topological polar surface area (TPSA) is 40.9 Å². The van der Waals surface area contributed by atoms with Crippen molar-refractivity contribution in [2.45, 2.75) is 12.8 Å². The molecule has 1 unspecified atom stereocenters. The van der Waals surface area contributed by atoms with Gasteiger partial charge in [-0.15, -0.1) is 0 Å². The van der Waals surface area contributed by atoms with Crippen molar-refractivity contribution in [3.8, 4) is 6.07 Å². The van der Waals surface area contributed by atoms with Crippen molar-refractivity contribution in [1.82, 2.24) is 0 Å². The number of ketones is 1. The minimum atomic E-state index is -1.01. The van der Waals surface area contributed by atoms with E-state index in [0.29, 0.717) is 5.56 Å². The Labute approximate surface area is 125 Å². The maximum Gasteiger partial charge on any atom is 0.187 e.